The summed E-state index contributed by atoms with van der Waals surface area (Å²) in [4.78, 5) is 27.0. The van der Waals surface area contributed by atoms with Gasteiger partial charge in [0.05, 0.1) is 22.0 Å². The summed E-state index contributed by atoms with van der Waals surface area (Å²) in [5, 5.41) is 2.45. The molecule has 0 aromatic heterocycles. The first-order chi connectivity index (χ1) is 15.0. The van der Waals surface area contributed by atoms with Gasteiger partial charge >= 0.3 is 6.18 Å². The summed E-state index contributed by atoms with van der Waals surface area (Å²) in [7, 11) is 0. The van der Waals surface area contributed by atoms with Crippen molar-refractivity contribution >= 4 is 34.8 Å². The van der Waals surface area contributed by atoms with Gasteiger partial charge in [-0.25, -0.2) is 4.39 Å². The molecular weight excluding hydrogens is 450 g/mol. The maximum absolute atomic E-state index is 15.1. The van der Waals surface area contributed by atoms with Gasteiger partial charge in [-0.1, -0.05) is 42.8 Å². The lowest BCUT2D eigenvalue weighted by Gasteiger charge is -2.38. The summed E-state index contributed by atoms with van der Waals surface area (Å²) < 4.78 is 55.8. The molecular formula is C22H20ClF4N3O2. The van der Waals surface area contributed by atoms with E-state index in [4.69, 9.17) is 17.3 Å². The average molecular weight is 470 g/mol. The van der Waals surface area contributed by atoms with Crippen LogP contribution in [0, 0.1) is 11.7 Å². The molecule has 32 heavy (non-hydrogen) atoms. The molecule has 2 amide bonds. The molecule has 1 spiro atoms. The number of alkyl halides is 3. The van der Waals surface area contributed by atoms with Crippen molar-refractivity contribution < 1.29 is 27.2 Å². The molecule has 2 heterocycles. The third kappa shape index (κ3) is 3.30. The molecule has 0 bridgehead atoms. The van der Waals surface area contributed by atoms with E-state index in [0.717, 1.165) is 6.92 Å². The number of nitrogens with one attached hydrogen (secondary N) is 1. The molecule has 170 valence electrons. The minimum absolute atomic E-state index is 0.172. The van der Waals surface area contributed by atoms with Gasteiger partial charge in [0.15, 0.2) is 5.82 Å². The maximum Gasteiger partial charge on any atom is 0.391 e. The number of benzene rings is 2. The van der Waals surface area contributed by atoms with E-state index in [-0.39, 0.29) is 17.1 Å². The molecule has 4 atom stereocenters. The predicted molar refractivity (Wildman–Crippen MR) is 112 cm³/mol. The molecule has 10 heteroatoms. The standard InChI is InChI=1S/C22H20ClF4N3O2/c1-11(22(25,26)27)9-17-21(12-5-2-3-7-14(12)29-20(21)32)10-16(19(28)31)30(17)15-8-4-6-13(23)18(15)24/h2-8,11,16-17H,9-10H2,1H3,(H2,28,31)(H,29,32)/t11-,16?,17?,21?/m0/s1. The Morgan fingerprint density at radius 3 is 2.62 bits per heavy atom. The largest absolute Gasteiger partial charge is 0.391 e. The van der Waals surface area contributed by atoms with Crippen LogP contribution in [0.15, 0.2) is 42.5 Å². The summed E-state index contributed by atoms with van der Waals surface area (Å²) >= 11 is 5.93. The van der Waals surface area contributed by atoms with Crippen molar-refractivity contribution in [3.63, 3.8) is 0 Å². The molecule has 3 N–H and O–H groups in total. The molecule has 0 aliphatic carbocycles. The summed E-state index contributed by atoms with van der Waals surface area (Å²) in [6, 6.07) is 8.22. The quantitative estimate of drug-likeness (QED) is 0.652. The highest BCUT2D eigenvalue weighted by Gasteiger charge is 2.63. The molecule has 2 aliphatic rings. The lowest BCUT2D eigenvalue weighted by Crippen LogP contribution is -2.51. The third-order valence-electron chi connectivity index (χ3n) is 6.49. The normalized spacial score (nSPS) is 25.7. The molecule has 1 fully saturated rings. The van der Waals surface area contributed by atoms with Crippen LogP contribution in [0.4, 0.5) is 28.9 Å². The van der Waals surface area contributed by atoms with Crippen LogP contribution in [0.5, 0.6) is 0 Å². The molecule has 2 aromatic carbocycles. The second kappa shape index (κ2) is 7.65. The number of para-hydroxylation sites is 1. The number of carbonyl (C=O) groups is 2. The first kappa shape index (κ1) is 22.4. The number of nitrogens with zero attached hydrogens (tertiary/aromatic N) is 1. The van der Waals surface area contributed by atoms with E-state index < -0.39 is 53.6 Å². The highest BCUT2D eigenvalue weighted by Crippen LogP contribution is 2.54. The minimum Gasteiger partial charge on any atom is -0.368 e. The van der Waals surface area contributed by atoms with Crippen molar-refractivity contribution in [2.24, 2.45) is 11.7 Å². The fourth-order valence-electron chi connectivity index (χ4n) is 4.91. The second-order valence-electron chi connectivity index (χ2n) is 8.27. The summed E-state index contributed by atoms with van der Waals surface area (Å²) in [5.41, 5.74) is 4.83. The Balaban J connectivity index is 1.96. The fraction of sp³-hybridized carbons (Fsp3) is 0.364. The van der Waals surface area contributed by atoms with Gasteiger partial charge in [0.2, 0.25) is 11.8 Å². The van der Waals surface area contributed by atoms with Crippen LogP contribution in [0.1, 0.15) is 25.3 Å². The van der Waals surface area contributed by atoms with Gasteiger partial charge in [-0.2, -0.15) is 13.2 Å². The van der Waals surface area contributed by atoms with E-state index in [1.165, 1.54) is 23.1 Å². The van der Waals surface area contributed by atoms with Crippen LogP contribution in [0.2, 0.25) is 5.02 Å². The number of nitrogens with two attached hydrogens (primary N) is 1. The number of carbonyl (C=O) groups excluding carboxylic acids is 2. The summed E-state index contributed by atoms with van der Waals surface area (Å²) in [6.07, 6.45) is -5.30. The maximum atomic E-state index is 15.1. The van der Waals surface area contributed by atoms with Crippen molar-refractivity contribution in [3.8, 4) is 0 Å². The molecule has 3 unspecified atom stereocenters. The predicted octanol–water partition coefficient (Wildman–Crippen LogP) is 4.39. The molecule has 5 nitrogen and oxygen atoms in total. The Bertz CT molecular complexity index is 1090. The highest BCUT2D eigenvalue weighted by atomic mass is 35.5. The van der Waals surface area contributed by atoms with E-state index in [1.807, 2.05) is 0 Å². The molecule has 1 saturated heterocycles. The summed E-state index contributed by atoms with van der Waals surface area (Å²) in [6.45, 7) is 0.997. The number of anilines is 2. The lowest BCUT2D eigenvalue weighted by atomic mass is 9.71. The number of rotatable bonds is 4. The zero-order chi connectivity index (χ0) is 23.4. The van der Waals surface area contributed by atoms with E-state index in [1.54, 1.807) is 24.3 Å². The van der Waals surface area contributed by atoms with E-state index in [2.05, 4.69) is 5.32 Å². The van der Waals surface area contributed by atoms with E-state index in [0.29, 0.717) is 11.3 Å². The number of primary amides is 1. The molecule has 0 saturated carbocycles. The number of amides is 2. The Kier molecular flexibility index (Phi) is 5.35. The van der Waals surface area contributed by atoms with Crippen LogP contribution in [-0.2, 0) is 15.0 Å². The van der Waals surface area contributed by atoms with Crippen molar-refractivity contribution in [3.05, 3.63) is 58.9 Å². The average Bonchev–Trinajstić information content (AvgIpc) is 3.20. The van der Waals surface area contributed by atoms with Crippen LogP contribution < -0.4 is 16.0 Å². The highest BCUT2D eigenvalue weighted by molar-refractivity contribution is 6.31. The summed E-state index contributed by atoms with van der Waals surface area (Å²) in [5.74, 6) is -4.15. The Morgan fingerprint density at radius 2 is 1.97 bits per heavy atom. The van der Waals surface area contributed by atoms with Crippen molar-refractivity contribution in [2.75, 3.05) is 10.2 Å². The van der Waals surface area contributed by atoms with Gasteiger partial charge in [0.1, 0.15) is 6.04 Å². The van der Waals surface area contributed by atoms with Crippen molar-refractivity contribution in [1.29, 1.82) is 0 Å². The van der Waals surface area contributed by atoms with Crippen LogP contribution in [0.25, 0.3) is 0 Å². The van der Waals surface area contributed by atoms with Gasteiger partial charge < -0.3 is 16.0 Å². The number of hydrogen-bond acceptors (Lipinski definition) is 3. The Hall–Kier alpha value is -2.81. The van der Waals surface area contributed by atoms with Gasteiger partial charge in [0, 0.05) is 11.7 Å². The molecule has 2 aliphatic heterocycles. The lowest BCUT2D eigenvalue weighted by molar-refractivity contribution is -0.173. The Labute approximate surface area is 186 Å². The smallest absolute Gasteiger partial charge is 0.368 e. The first-order valence-electron chi connectivity index (χ1n) is 9.97. The second-order valence-corrected chi connectivity index (χ2v) is 8.67. The van der Waals surface area contributed by atoms with Gasteiger partial charge in [-0.15, -0.1) is 0 Å². The van der Waals surface area contributed by atoms with E-state index >= 15 is 4.39 Å². The number of halogens is 5. The molecule has 0 radical (unpaired) electrons. The minimum atomic E-state index is -4.56. The Morgan fingerprint density at radius 1 is 1.28 bits per heavy atom. The van der Waals surface area contributed by atoms with Gasteiger partial charge in [0.25, 0.3) is 0 Å². The van der Waals surface area contributed by atoms with Crippen molar-refractivity contribution in [2.45, 2.75) is 43.4 Å². The van der Waals surface area contributed by atoms with Crippen LogP contribution in [-0.4, -0.2) is 30.1 Å². The zero-order valence-electron chi connectivity index (χ0n) is 16.9. The van der Waals surface area contributed by atoms with Gasteiger partial charge in [-0.3, -0.25) is 9.59 Å². The molecule has 4 rings (SSSR count). The van der Waals surface area contributed by atoms with E-state index in [9.17, 15) is 22.8 Å². The first-order valence-corrected chi connectivity index (χ1v) is 10.4. The zero-order valence-corrected chi connectivity index (χ0v) is 17.7. The number of hydrogen-bond donors (Lipinski definition) is 2. The topological polar surface area (TPSA) is 75.4 Å². The SMILES string of the molecule is C[C@@H](CC1N(c2cccc(Cl)c2F)C(C(N)=O)CC12C(=O)Nc1ccccc12)C(F)(F)F. The van der Waals surface area contributed by atoms with Gasteiger partial charge in [-0.05, 0) is 36.6 Å². The van der Waals surface area contributed by atoms with Crippen molar-refractivity contribution in [1.82, 2.24) is 0 Å². The monoisotopic (exact) mass is 469 g/mol. The third-order valence-corrected chi connectivity index (χ3v) is 6.78. The number of fused-ring (bicyclic) bond motifs is 2. The fourth-order valence-corrected chi connectivity index (χ4v) is 5.08. The molecule has 2 aromatic rings. The van der Waals surface area contributed by atoms with Crippen LogP contribution >= 0.6 is 11.6 Å². The van der Waals surface area contributed by atoms with Crippen LogP contribution in [0.3, 0.4) is 0 Å².